The molecule has 4 rings (SSSR count). The fourth-order valence-electron chi connectivity index (χ4n) is 6.07. The molecule has 0 aromatic heterocycles. The first kappa shape index (κ1) is 25.6. The van der Waals surface area contributed by atoms with Crippen LogP contribution < -0.4 is 15.4 Å². The third kappa shape index (κ3) is 6.01. The highest BCUT2D eigenvalue weighted by molar-refractivity contribution is 7.90. The lowest BCUT2D eigenvalue weighted by molar-refractivity contribution is -0.127. The number of piperidine rings is 1. The summed E-state index contributed by atoms with van der Waals surface area (Å²) in [6.07, 6.45) is 4.14. The van der Waals surface area contributed by atoms with Gasteiger partial charge in [0, 0.05) is 18.4 Å². The predicted octanol–water partition coefficient (Wildman–Crippen LogP) is 3.46. The summed E-state index contributed by atoms with van der Waals surface area (Å²) in [6.45, 7) is 8.96. The van der Waals surface area contributed by atoms with Gasteiger partial charge in [0.2, 0.25) is 15.9 Å². The number of fused-ring (bicyclic) bond motifs is 4. The van der Waals surface area contributed by atoms with Crippen LogP contribution in [0.5, 0.6) is 0 Å². The fraction of sp³-hybridized carbons (Fsp3) is 0.731. The lowest BCUT2D eigenvalue weighted by Crippen LogP contribution is -2.55. The second-order valence-electron chi connectivity index (χ2n) is 11.0. The zero-order chi connectivity index (χ0) is 24.5. The number of ether oxygens (including phenoxy) is 1. The number of amides is 1. The summed E-state index contributed by atoms with van der Waals surface area (Å²) >= 11 is 0. The summed E-state index contributed by atoms with van der Waals surface area (Å²) in [5, 5.41) is 6.25. The largest absolute Gasteiger partial charge is 0.376 e. The van der Waals surface area contributed by atoms with E-state index in [4.69, 9.17) is 4.74 Å². The molecule has 4 bridgehead atoms. The van der Waals surface area contributed by atoms with E-state index in [9.17, 15) is 13.2 Å². The second-order valence-corrected chi connectivity index (χ2v) is 13.0. The normalized spacial score (nSPS) is 34.4. The van der Waals surface area contributed by atoms with Crippen LogP contribution in [0.3, 0.4) is 0 Å². The highest BCUT2D eigenvalue weighted by Crippen LogP contribution is 2.33. The maximum Gasteiger partial charge on any atom is 0.223 e. The van der Waals surface area contributed by atoms with E-state index in [1.165, 1.54) is 16.7 Å². The molecule has 8 heteroatoms. The molecule has 2 aliphatic heterocycles. The van der Waals surface area contributed by atoms with Crippen molar-refractivity contribution in [2.45, 2.75) is 102 Å². The van der Waals surface area contributed by atoms with Crippen molar-refractivity contribution in [2.24, 2.45) is 11.8 Å². The minimum absolute atomic E-state index is 0.00461. The number of rotatable bonds is 3. The van der Waals surface area contributed by atoms with E-state index in [0.29, 0.717) is 31.8 Å². The molecule has 190 valence electrons. The van der Waals surface area contributed by atoms with Crippen molar-refractivity contribution >= 4 is 15.9 Å². The maximum absolute atomic E-state index is 13.4. The highest BCUT2D eigenvalue weighted by atomic mass is 32.2. The van der Waals surface area contributed by atoms with Crippen LogP contribution in [0.25, 0.3) is 0 Å². The van der Waals surface area contributed by atoms with Crippen LogP contribution in [0, 0.1) is 25.7 Å². The Hall–Kier alpha value is -1.48. The first-order chi connectivity index (χ1) is 16.1. The maximum atomic E-state index is 13.4. The van der Waals surface area contributed by atoms with Crippen molar-refractivity contribution in [3.8, 4) is 0 Å². The molecule has 2 heterocycles. The minimum atomic E-state index is -3.58. The van der Waals surface area contributed by atoms with Gasteiger partial charge in [0.15, 0.2) is 0 Å². The zero-order valence-electron chi connectivity index (χ0n) is 21.0. The van der Waals surface area contributed by atoms with Crippen LogP contribution >= 0.6 is 0 Å². The van der Waals surface area contributed by atoms with Gasteiger partial charge in [-0.1, -0.05) is 38.5 Å². The molecule has 1 saturated carbocycles. The van der Waals surface area contributed by atoms with Crippen molar-refractivity contribution in [2.75, 3.05) is 6.61 Å². The topological polar surface area (TPSA) is 96.5 Å². The van der Waals surface area contributed by atoms with Crippen molar-refractivity contribution in [3.05, 3.63) is 34.9 Å². The molecule has 0 radical (unpaired) electrons. The Bertz CT molecular complexity index is 960. The second kappa shape index (κ2) is 10.6. The average molecular weight is 492 g/mol. The van der Waals surface area contributed by atoms with Gasteiger partial charge in [-0.3, -0.25) is 10.1 Å². The van der Waals surface area contributed by atoms with Gasteiger partial charge < -0.3 is 10.1 Å². The van der Waals surface area contributed by atoms with Crippen LogP contribution in [0.4, 0.5) is 0 Å². The van der Waals surface area contributed by atoms with Crippen LogP contribution in [-0.4, -0.2) is 44.5 Å². The van der Waals surface area contributed by atoms with E-state index in [1.807, 2.05) is 0 Å². The van der Waals surface area contributed by atoms with E-state index in [-0.39, 0.29) is 30.0 Å². The van der Waals surface area contributed by atoms with Gasteiger partial charge in [-0.05, 0) is 68.6 Å². The number of carbonyl (C=O) groups is 1. The lowest BCUT2D eigenvalue weighted by atomic mass is 9.88. The molecule has 1 aromatic carbocycles. The smallest absolute Gasteiger partial charge is 0.223 e. The zero-order valence-corrected chi connectivity index (χ0v) is 21.8. The lowest BCUT2D eigenvalue weighted by Gasteiger charge is -2.38. The Morgan fingerprint density at radius 3 is 2.53 bits per heavy atom. The molecule has 3 N–H and O–H groups in total. The SMILES string of the molecule is Cc1cccc(C)c1C1CC2CC(N1)NS(=O)(=O)C1CCCC(C1)C(=O)N[C@H](CC(C)C)CO2. The Kier molecular flexibility index (Phi) is 8.02. The molecule has 34 heavy (non-hydrogen) atoms. The first-order valence-electron chi connectivity index (χ1n) is 12.9. The predicted molar refractivity (Wildman–Crippen MR) is 134 cm³/mol. The average Bonchev–Trinajstić information content (AvgIpc) is 2.76. The van der Waals surface area contributed by atoms with E-state index >= 15 is 0 Å². The number of sulfonamides is 1. The highest BCUT2D eigenvalue weighted by Gasteiger charge is 2.39. The van der Waals surface area contributed by atoms with Gasteiger partial charge in [0.25, 0.3) is 0 Å². The Morgan fingerprint density at radius 2 is 1.82 bits per heavy atom. The van der Waals surface area contributed by atoms with E-state index < -0.39 is 21.4 Å². The third-order valence-corrected chi connectivity index (χ3v) is 9.59. The molecule has 0 spiro atoms. The van der Waals surface area contributed by atoms with Gasteiger partial charge in [-0.15, -0.1) is 0 Å². The number of hydrogen-bond acceptors (Lipinski definition) is 5. The molecule has 6 atom stereocenters. The summed E-state index contributed by atoms with van der Waals surface area (Å²) in [7, 11) is -3.58. The van der Waals surface area contributed by atoms with Gasteiger partial charge >= 0.3 is 0 Å². The van der Waals surface area contributed by atoms with Crippen LogP contribution in [0.2, 0.25) is 0 Å². The molecule has 3 fully saturated rings. The number of hydrogen-bond donors (Lipinski definition) is 3. The van der Waals surface area contributed by atoms with E-state index in [0.717, 1.165) is 25.7 Å². The molecule has 1 aliphatic carbocycles. The van der Waals surface area contributed by atoms with Crippen molar-refractivity contribution < 1.29 is 17.9 Å². The van der Waals surface area contributed by atoms with E-state index in [2.05, 4.69) is 61.2 Å². The molecule has 5 unspecified atom stereocenters. The molecule has 3 aliphatic rings. The molecule has 1 aromatic rings. The van der Waals surface area contributed by atoms with Crippen LogP contribution in [-0.2, 0) is 19.6 Å². The molecular formula is C26H41N3O4S. The van der Waals surface area contributed by atoms with Crippen molar-refractivity contribution in [1.29, 1.82) is 0 Å². The van der Waals surface area contributed by atoms with Gasteiger partial charge in [0.1, 0.15) is 0 Å². The third-order valence-electron chi connectivity index (χ3n) is 7.67. The molecular weight excluding hydrogens is 450 g/mol. The van der Waals surface area contributed by atoms with Crippen molar-refractivity contribution in [3.63, 3.8) is 0 Å². The van der Waals surface area contributed by atoms with Gasteiger partial charge in [-0.25, -0.2) is 8.42 Å². The quantitative estimate of drug-likeness (QED) is 0.602. The van der Waals surface area contributed by atoms with Crippen LogP contribution in [0.1, 0.15) is 81.5 Å². The summed E-state index contributed by atoms with van der Waals surface area (Å²) in [6, 6.07) is 6.19. The molecule has 7 nitrogen and oxygen atoms in total. The number of carbonyl (C=O) groups excluding carboxylic acids is 1. The Morgan fingerprint density at radius 1 is 1.09 bits per heavy atom. The summed E-state index contributed by atoms with van der Waals surface area (Å²) in [5.74, 6) is 0.136. The minimum Gasteiger partial charge on any atom is -0.376 e. The monoisotopic (exact) mass is 491 g/mol. The molecule has 2 saturated heterocycles. The number of benzene rings is 1. The van der Waals surface area contributed by atoms with Gasteiger partial charge in [-0.2, -0.15) is 4.72 Å². The summed E-state index contributed by atoms with van der Waals surface area (Å²) in [4.78, 5) is 13.1. The molecule has 1 amide bonds. The number of nitrogens with one attached hydrogen (secondary N) is 3. The number of aryl methyl sites for hydroxylation is 2. The summed E-state index contributed by atoms with van der Waals surface area (Å²) in [5.41, 5.74) is 3.60. The van der Waals surface area contributed by atoms with Gasteiger partial charge in [0.05, 0.1) is 30.2 Å². The Labute approximate surface area is 204 Å². The Balaban J connectivity index is 1.64. The van der Waals surface area contributed by atoms with Crippen molar-refractivity contribution in [1.82, 2.24) is 15.4 Å². The standard InChI is InChI=1S/C26H41N3O4S/c1-16(2)11-20-15-33-21-13-23(25-17(3)7-5-8-18(25)4)28-24(14-21)29-34(31,32)22-10-6-9-19(12-22)26(30)27-20/h5,7-8,16,19-24,28-29H,6,9-15H2,1-4H3,(H,27,30)/t19?,20-,21?,22?,23?,24?/m1/s1. The van der Waals surface area contributed by atoms with E-state index in [1.54, 1.807) is 0 Å². The fourth-order valence-corrected chi connectivity index (χ4v) is 7.78. The first-order valence-corrected chi connectivity index (χ1v) is 14.4. The summed E-state index contributed by atoms with van der Waals surface area (Å²) < 4.78 is 36.1. The van der Waals surface area contributed by atoms with Crippen LogP contribution in [0.15, 0.2) is 18.2 Å².